The standard InChI is InChI=1S/C18H18ClN5O/c1-24(13-6-4-3-5-7-13)18-16(20)17(21-11-22-18)23-14-10-12(19)8-9-15(14)25-2/h3-11H,20H2,1-2H3,(H,21,22,23). The molecule has 0 amide bonds. The molecular formula is C18H18ClN5O. The SMILES string of the molecule is COc1ccc(Cl)cc1Nc1ncnc(N(C)c2ccccc2)c1N. The van der Waals surface area contributed by atoms with Crippen molar-refractivity contribution < 1.29 is 4.74 Å². The van der Waals surface area contributed by atoms with Crippen molar-refractivity contribution in [2.24, 2.45) is 0 Å². The molecule has 2 aromatic carbocycles. The number of nitrogens with zero attached hydrogens (tertiary/aromatic N) is 3. The Kier molecular flexibility index (Phi) is 4.90. The van der Waals surface area contributed by atoms with Crippen LogP contribution in [0.1, 0.15) is 0 Å². The van der Waals surface area contributed by atoms with E-state index in [4.69, 9.17) is 22.1 Å². The normalized spacial score (nSPS) is 10.4. The maximum Gasteiger partial charge on any atom is 0.161 e. The molecule has 1 heterocycles. The minimum atomic E-state index is 0.427. The average molecular weight is 356 g/mol. The summed E-state index contributed by atoms with van der Waals surface area (Å²) >= 11 is 6.07. The average Bonchev–Trinajstić information content (AvgIpc) is 2.64. The summed E-state index contributed by atoms with van der Waals surface area (Å²) in [5.74, 6) is 1.72. The maximum atomic E-state index is 6.30. The van der Waals surface area contributed by atoms with Gasteiger partial charge in [0.25, 0.3) is 0 Å². The van der Waals surface area contributed by atoms with Gasteiger partial charge >= 0.3 is 0 Å². The predicted octanol–water partition coefficient (Wildman–Crippen LogP) is 4.23. The van der Waals surface area contributed by atoms with E-state index in [1.165, 1.54) is 6.33 Å². The predicted molar refractivity (Wildman–Crippen MR) is 102 cm³/mol. The van der Waals surface area contributed by atoms with Crippen LogP contribution < -0.4 is 20.7 Å². The maximum absolute atomic E-state index is 6.30. The third-order valence-corrected chi connectivity index (χ3v) is 3.97. The van der Waals surface area contributed by atoms with Gasteiger partial charge < -0.3 is 20.7 Å². The molecule has 1 aromatic heterocycles. The number of nitrogens with one attached hydrogen (secondary N) is 1. The summed E-state index contributed by atoms with van der Waals surface area (Å²) < 4.78 is 5.34. The van der Waals surface area contributed by atoms with Gasteiger partial charge in [0, 0.05) is 17.8 Å². The highest BCUT2D eigenvalue weighted by atomic mass is 35.5. The zero-order valence-corrected chi connectivity index (χ0v) is 14.7. The zero-order valence-electron chi connectivity index (χ0n) is 13.9. The van der Waals surface area contributed by atoms with Crippen molar-refractivity contribution in [3.05, 3.63) is 59.9 Å². The number of methoxy groups -OCH3 is 1. The van der Waals surface area contributed by atoms with Crippen LogP contribution in [0.5, 0.6) is 5.75 Å². The van der Waals surface area contributed by atoms with Crippen molar-refractivity contribution in [1.82, 2.24) is 9.97 Å². The minimum Gasteiger partial charge on any atom is -0.495 e. The Morgan fingerprint density at radius 3 is 2.60 bits per heavy atom. The summed E-state index contributed by atoms with van der Waals surface area (Å²) in [5.41, 5.74) is 8.37. The quantitative estimate of drug-likeness (QED) is 0.713. The van der Waals surface area contributed by atoms with Gasteiger partial charge in [-0.25, -0.2) is 9.97 Å². The molecule has 0 saturated heterocycles. The fraction of sp³-hybridized carbons (Fsp3) is 0.111. The van der Waals surface area contributed by atoms with Gasteiger partial charge in [0.2, 0.25) is 0 Å². The molecule has 3 N–H and O–H groups in total. The van der Waals surface area contributed by atoms with Gasteiger partial charge in [-0.1, -0.05) is 29.8 Å². The summed E-state index contributed by atoms with van der Waals surface area (Å²) in [6, 6.07) is 15.1. The van der Waals surface area contributed by atoms with E-state index in [-0.39, 0.29) is 0 Å². The molecule has 0 fully saturated rings. The Labute approximate surface area is 151 Å². The van der Waals surface area contributed by atoms with Crippen LogP contribution in [-0.2, 0) is 0 Å². The van der Waals surface area contributed by atoms with E-state index in [1.54, 1.807) is 25.3 Å². The number of rotatable bonds is 5. The first-order valence-electron chi connectivity index (χ1n) is 7.60. The third-order valence-electron chi connectivity index (χ3n) is 3.74. The number of hydrogen-bond donors (Lipinski definition) is 2. The second-order valence-corrected chi connectivity index (χ2v) is 5.76. The number of ether oxygens (including phenoxy) is 1. The number of nitrogens with two attached hydrogens (primary N) is 1. The first kappa shape index (κ1) is 16.9. The largest absolute Gasteiger partial charge is 0.495 e. The summed E-state index contributed by atoms with van der Waals surface area (Å²) in [6.45, 7) is 0. The molecule has 0 saturated carbocycles. The number of para-hydroxylation sites is 1. The van der Waals surface area contributed by atoms with Crippen LogP contribution >= 0.6 is 11.6 Å². The van der Waals surface area contributed by atoms with Crippen LogP contribution in [0.4, 0.5) is 28.7 Å². The monoisotopic (exact) mass is 355 g/mol. The van der Waals surface area contributed by atoms with Crippen LogP contribution in [0, 0.1) is 0 Å². The number of benzene rings is 2. The van der Waals surface area contributed by atoms with Crippen LogP contribution in [0.3, 0.4) is 0 Å². The Morgan fingerprint density at radius 2 is 1.88 bits per heavy atom. The molecule has 0 spiro atoms. The van der Waals surface area contributed by atoms with E-state index in [9.17, 15) is 0 Å². The number of nitrogen functional groups attached to an aromatic ring is 1. The molecule has 0 aliphatic heterocycles. The van der Waals surface area contributed by atoms with E-state index >= 15 is 0 Å². The lowest BCUT2D eigenvalue weighted by atomic mass is 10.2. The molecule has 0 radical (unpaired) electrons. The lowest BCUT2D eigenvalue weighted by Crippen LogP contribution is -2.15. The molecule has 3 rings (SSSR count). The van der Waals surface area contributed by atoms with Gasteiger partial charge in [0.15, 0.2) is 11.6 Å². The molecule has 0 atom stereocenters. The van der Waals surface area contributed by atoms with Crippen molar-refractivity contribution >= 4 is 40.3 Å². The Morgan fingerprint density at radius 1 is 1.12 bits per heavy atom. The highest BCUT2D eigenvalue weighted by Crippen LogP contribution is 2.35. The molecule has 0 aliphatic carbocycles. The molecule has 6 nitrogen and oxygen atoms in total. The first-order chi connectivity index (χ1) is 12.1. The summed E-state index contributed by atoms with van der Waals surface area (Å²) in [5, 5.41) is 3.75. The lowest BCUT2D eigenvalue weighted by molar-refractivity contribution is 0.417. The smallest absolute Gasteiger partial charge is 0.161 e. The summed E-state index contributed by atoms with van der Waals surface area (Å²) in [7, 11) is 3.49. The molecule has 0 unspecified atom stereocenters. The van der Waals surface area contributed by atoms with Crippen LogP contribution in [0.2, 0.25) is 5.02 Å². The number of halogens is 1. The molecule has 25 heavy (non-hydrogen) atoms. The third kappa shape index (κ3) is 3.59. The number of aromatic nitrogens is 2. The van der Waals surface area contributed by atoms with Gasteiger partial charge in [0.1, 0.15) is 17.8 Å². The van der Waals surface area contributed by atoms with Gasteiger partial charge in [-0.15, -0.1) is 0 Å². The van der Waals surface area contributed by atoms with Crippen LogP contribution in [-0.4, -0.2) is 24.1 Å². The second-order valence-electron chi connectivity index (χ2n) is 5.32. The topological polar surface area (TPSA) is 76.3 Å². The Balaban J connectivity index is 1.96. The van der Waals surface area contributed by atoms with E-state index in [0.29, 0.717) is 33.8 Å². The Bertz CT molecular complexity index is 873. The van der Waals surface area contributed by atoms with Crippen molar-refractivity contribution in [2.75, 3.05) is 30.1 Å². The van der Waals surface area contributed by atoms with Crippen molar-refractivity contribution in [3.8, 4) is 5.75 Å². The van der Waals surface area contributed by atoms with Gasteiger partial charge in [0.05, 0.1) is 12.8 Å². The zero-order chi connectivity index (χ0) is 17.8. The van der Waals surface area contributed by atoms with Crippen LogP contribution in [0.25, 0.3) is 0 Å². The van der Waals surface area contributed by atoms with Gasteiger partial charge in [-0.05, 0) is 30.3 Å². The molecule has 0 aliphatic rings. The number of anilines is 5. The highest BCUT2D eigenvalue weighted by Gasteiger charge is 2.15. The van der Waals surface area contributed by atoms with Gasteiger partial charge in [-0.2, -0.15) is 0 Å². The fourth-order valence-electron chi connectivity index (χ4n) is 2.43. The summed E-state index contributed by atoms with van der Waals surface area (Å²) in [4.78, 5) is 10.5. The van der Waals surface area contributed by atoms with Crippen molar-refractivity contribution in [1.29, 1.82) is 0 Å². The fourth-order valence-corrected chi connectivity index (χ4v) is 2.60. The van der Waals surface area contributed by atoms with E-state index in [2.05, 4.69) is 15.3 Å². The van der Waals surface area contributed by atoms with Crippen LogP contribution in [0.15, 0.2) is 54.9 Å². The first-order valence-corrected chi connectivity index (χ1v) is 7.97. The van der Waals surface area contributed by atoms with E-state index < -0.39 is 0 Å². The molecular weight excluding hydrogens is 338 g/mol. The number of hydrogen-bond acceptors (Lipinski definition) is 6. The molecule has 7 heteroatoms. The van der Waals surface area contributed by atoms with Crippen molar-refractivity contribution in [2.45, 2.75) is 0 Å². The highest BCUT2D eigenvalue weighted by molar-refractivity contribution is 6.31. The Hall–Kier alpha value is -2.99. The molecule has 128 valence electrons. The van der Waals surface area contributed by atoms with E-state index in [1.807, 2.05) is 42.3 Å². The minimum absolute atomic E-state index is 0.427. The molecule has 3 aromatic rings. The molecule has 0 bridgehead atoms. The second kappa shape index (κ2) is 7.27. The van der Waals surface area contributed by atoms with Gasteiger partial charge in [-0.3, -0.25) is 0 Å². The van der Waals surface area contributed by atoms with Crippen molar-refractivity contribution in [3.63, 3.8) is 0 Å². The van der Waals surface area contributed by atoms with E-state index in [0.717, 1.165) is 5.69 Å². The summed E-state index contributed by atoms with van der Waals surface area (Å²) in [6.07, 6.45) is 1.46. The lowest BCUT2D eigenvalue weighted by Gasteiger charge is -2.21.